The van der Waals surface area contributed by atoms with Crippen LogP contribution in [0.5, 0.6) is 0 Å². The van der Waals surface area contributed by atoms with Gasteiger partial charge in [-0.1, -0.05) is 0 Å². The summed E-state index contributed by atoms with van der Waals surface area (Å²) >= 11 is 4.82. The van der Waals surface area contributed by atoms with Crippen LogP contribution in [0.2, 0.25) is 0 Å². The lowest BCUT2D eigenvalue weighted by molar-refractivity contribution is 0.103. The highest BCUT2D eigenvalue weighted by atomic mass is 79.9. The number of anilines is 2. The van der Waals surface area contributed by atoms with Gasteiger partial charge in [-0.25, -0.2) is 4.98 Å². The molecule has 3 aromatic rings. The molecule has 0 fully saturated rings. The molecular formula is C15H12BrN3OS. The highest BCUT2D eigenvalue weighted by Crippen LogP contribution is 2.28. The van der Waals surface area contributed by atoms with Crippen molar-refractivity contribution in [2.75, 3.05) is 11.1 Å². The summed E-state index contributed by atoms with van der Waals surface area (Å²) in [5.74, 6) is 0.377. The standard InChI is InChI=1S/C15H12BrN3OS/c1-8-4-14(18-7-11(8)16)19-15(20)13-6-9-5-10(17)2-3-12(9)21-13/h2-7H,17H2,1H3,(H,18,19,20). The number of nitrogens with two attached hydrogens (primary N) is 1. The molecule has 0 bridgehead atoms. The van der Waals surface area contributed by atoms with Crippen molar-refractivity contribution in [3.05, 3.63) is 51.4 Å². The third kappa shape index (κ3) is 2.91. The second-order valence-corrected chi connectivity index (χ2v) is 6.62. The van der Waals surface area contributed by atoms with E-state index in [2.05, 4.69) is 26.2 Å². The number of aromatic nitrogens is 1. The molecule has 0 atom stereocenters. The Morgan fingerprint density at radius 2 is 2.14 bits per heavy atom. The number of rotatable bonds is 2. The van der Waals surface area contributed by atoms with Crippen molar-refractivity contribution in [1.29, 1.82) is 0 Å². The number of thiophene rings is 1. The fraction of sp³-hybridized carbons (Fsp3) is 0.0667. The van der Waals surface area contributed by atoms with E-state index in [9.17, 15) is 4.79 Å². The van der Waals surface area contributed by atoms with E-state index >= 15 is 0 Å². The quantitative estimate of drug-likeness (QED) is 0.672. The van der Waals surface area contributed by atoms with Gasteiger partial charge in [0.15, 0.2) is 0 Å². The monoisotopic (exact) mass is 361 g/mol. The molecule has 1 amide bonds. The van der Waals surface area contributed by atoms with E-state index in [-0.39, 0.29) is 5.91 Å². The summed E-state index contributed by atoms with van der Waals surface area (Å²) in [6.45, 7) is 1.95. The molecule has 0 saturated carbocycles. The molecule has 0 spiro atoms. The number of hydrogen-bond acceptors (Lipinski definition) is 4. The van der Waals surface area contributed by atoms with Crippen LogP contribution in [-0.4, -0.2) is 10.9 Å². The molecule has 3 N–H and O–H groups in total. The molecule has 3 rings (SSSR count). The topological polar surface area (TPSA) is 68.0 Å². The van der Waals surface area contributed by atoms with E-state index in [4.69, 9.17) is 5.73 Å². The molecule has 21 heavy (non-hydrogen) atoms. The van der Waals surface area contributed by atoms with Gasteiger partial charge in [0.1, 0.15) is 5.82 Å². The molecule has 2 heterocycles. The zero-order valence-corrected chi connectivity index (χ0v) is 13.6. The second-order valence-electron chi connectivity index (χ2n) is 4.68. The second kappa shape index (κ2) is 5.46. The number of nitrogens with one attached hydrogen (secondary N) is 1. The number of carbonyl (C=O) groups is 1. The van der Waals surface area contributed by atoms with E-state index in [1.54, 1.807) is 6.20 Å². The Hall–Kier alpha value is -1.92. The minimum atomic E-state index is -0.163. The highest BCUT2D eigenvalue weighted by Gasteiger charge is 2.11. The van der Waals surface area contributed by atoms with Crippen LogP contribution in [0.4, 0.5) is 11.5 Å². The number of halogens is 1. The number of hydrogen-bond donors (Lipinski definition) is 2. The van der Waals surface area contributed by atoms with Crippen LogP contribution >= 0.6 is 27.3 Å². The lowest BCUT2D eigenvalue weighted by atomic mass is 10.2. The first-order chi connectivity index (χ1) is 10.0. The maximum Gasteiger partial charge on any atom is 0.266 e. The first kappa shape index (κ1) is 14.0. The van der Waals surface area contributed by atoms with Crippen LogP contribution < -0.4 is 11.1 Å². The lowest BCUT2D eigenvalue weighted by Gasteiger charge is -2.04. The summed E-state index contributed by atoms with van der Waals surface area (Å²) in [7, 11) is 0. The smallest absolute Gasteiger partial charge is 0.266 e. The van der Waals surface area contributed by atoms with Crippen LogP contribution in [0.25, 0.3) is 10.1 Å². The SMILES string of the molecule is Cc1cc(NC(=O)c2cc3cc(N)ccc3s2)ncc1Br. The van der Waals surface area contributed by atoms with Crippen LogP contribution in [0.3, 0.4) is 0 Å². The molecule has 1 aromatic carbocycles. The number of benzene rings is 1. The number of aryl methyl sites for hydroxylation is 1. The Labute approximate surface area is 134 Å². The summed E-state index contributed by atoms with van der Waals surface area (Å²) in [5, 5.41) is 3.79. The van der Waals surface area contributed by atoms with Crippen molar-refractivity contribution in [3.8, 4) is 0 Å². The van der Waals surface area contributed by atoms with Crippen molar-refractivity contribution in [1.82, 2.24) is 4.98 Å². The third-order valence-electron chi connectivity index (χ3n) is 3.05. The van der Waals surface area contributed by atoms with Crippen molar-refractivity contribution in [2.45, 2.75) is 6.92 Å². The van der Waals surface area contributed by atoms with Crippen molar-refractivity contribution < 1.29 is 4.79 Å². The largest absolute Gasteiger partial charge is 0.399 e. The lowest BCUT2D eigenvalue weighted by Crippen LogP contribution is -2.11. The van der Waals surface area contributed by atoms with Crippen LogP contribution in [0, 0.1) is 6.92 Å². The average Bonchev–Trinajstić information content (AvgIpc) is 2.86. The van der Waals surface area contributed by atoms with Gasteiger partial charge in [0.05, 0.1) is 4.88 Å². The molecule has 6 heteroatoms. The Morgan fingerprint density at radius 1 is 1.33 bits per heavy atom. The number of nitrogen functional groups attached to an aromatic ring is 1. The average molecular weight is 362 g/mol. The molecule has 0 saturated heterocycles. The Balaban J connectivity index is 1.87. The fourth-order valence-corrected chi connectivity index (χ4v) is 3.11. The minimum absolute atomic E-state index is 0.163. The molecule has 2 aromatic heterocycles. The van der Waals surface area contributed by atoms with Gasteiger partial charge in [0, 0.05) is 21.1 Å². The molecule has 4 nitrogen and oxygen atoms in total. The zero-order valence-electron chi connectivity index (χ0n) is 11.2. The Bertz CT molecular complexity index is 844. The van der Waals surface area contributed by atoms with Gasteiger partial charge < -0.3 is 11.1 Å². The van der Waals surface area contributed by atoms with Crippen molar-refractivity contribution in [3.63, 3.8) is 0 Å². The Kier molecular flexibility index (Phi) is 3.65. The van der Waals surface area contributed by atoms with E-state index in [0.717, 1.165) is 20.1 Å². The van der Waals surface area contributed by atoms with Gasteiger partial charge in [-0.05, 0) is 64.1 Å². The maximum atomic E-state index is 12.3. The first-order valence-electron chi connectivity index (χ1n) is 6.25. The number of amides is 1. The summed E-state index contributed by atoms with van der Waals surface area (Å²) < 4.78 is 1.95. The van der Waals surface area contributed by atoms with E-state index in [1.807, 2.05) is 37.3 Å². The molecule has 0 radical (unpaired) electrons. The summed E-state index contributed by atoms with van der Waals surface area (Å²) in [5.41, 5.74) is 7.46. The van der Waals surface area contributed by atoms with Crippen LogP contribution in [-0.2, 0) is 0 Å². The molecular weight excluding hydrogens is 350 g/mol. The van der Waals surface area contributed by atoms with Gasteiger partial charge in [-0.3, -0.25) is 4.79 Å². The fourth-order valence-electron chi connectivity index (χ4n) is 1.96. The summed E-state index contributed by atoms with van der Waals surface area (Å²) in [4.78, 5) is 17.1. The van der Waals surface area contributed by atoms with Gasteiger partial charge in [-0.2, -0.15) is 0 Å². The summed E-state index contributed by atoms with van der Waals surface area (Å²) in [6, 6.07) is 9.30. The van der Waals surface area contributed by atoms with E-state index in [1.165, 1.54) is 11.3 Å². The number of pyridine rings is 1. The predicted octanol–water partition coefficient (Wildman–Crippen LogP) is 4.20. The predicted molar refractivity (Wildman–Crippen MR) is 90.9 cm³/mol. The minimum Gasteiger partial charge on any atom is -0.399 e. The third-order valence-corrected chi connectivity index (χ3v) is 5.00. The molecule has 0 unspecified atom stereocenters. The van der Waals surface area contributed by atoms with Crippen LogP contribution in [0.15, 0.2) is 41.0 Å². The van der Waals surface area contributed by atoms with Crippen LogP contribution in [0.1, 0.15) is 15.2 Å². The van der Waals surface area contributed by atoms with E-state index in [0.29, 0.717) is 16.4 Å². The van der Waals surface area contributed by atoms with Gasteiger partial charge >= 0.3 is 0 Å². The highest BCUT2D eigenvalue weighted by molar-refractivity contribution is 9.10. The van der Waals surface area contributed by atoms with E-state index < -0.39 is 0 Å². The maximum absolute atomic E-state index is 12.3. The molecule has 0 aliphatic rings. The molecule has 106 valence electrons. The van der Waals surface area contributed by atoms with Crippen molar-refractivity contribution >= 4 is 54.8 Å². The molecule has 0 aliphatic heterocycles. The number of nitrogens with zero attached hydrogens (tertiary/aromatic N) is 1. The molecule has 0 aliphatic carbocycles. The number of fused-ring (bicyclic) bond motifs is 1. The normalized spacial score (nSPS) is 10.8. The van der Waals surface area contributed by atoms with Gasteiger partial charge in [0.2, 0.25) is 0 Å². The first-order valence-corrected chi connectivity index (χ1v) is 7.86. The summed E-state index contributed by atoms with van der Waals surface area (Å²) in [6.07, 6.45) is 1.68. The van der Waals surface area contributed by atoms with Gasteiger partial charge in [-0.15, -0.1) is 11.3 Å². The zero-order chi connectivity index (χ0) is 15.0. The van der Waals surface area contributed by atoms with Crippen molar-refractivity contribution in [2.24, 2.45) is 0 Å². The number of carbonyl (C=O) groups excluding carboxylic acids is 1. The van der Waals surface area contributed by atoms with Gasteiger partial charge in [0.25, 0.3) is 5.91 Å². The Morgan fingerprint density at radius 3 is 2.90 bits per heavy atom.